The zero-order valence-corrected chi connectivity index (χ0v) is 15.9. The van der Waals surface area contributed by atoms with Crippen LogP contribution in [0, 0.1) is 0 Å². The second-order valence-corrected chi connectivity index (χ2v) is 8.55. The van der Waals surface area contributed by atoms with Crippen LogP contribution in [-0.2, 0) is 0 Å². The summed E-state index contributed by atoms with van der Waals surface area (Å²) in [7, 11) is 0. The molecular weight excluding hydrogens is 380 g/mol. The van der Waals surface area contributed by atoms with Crippen molar-refractivity contribution in [1.82, 2.24) is 14.9 Å². The number of amides is 1. The van der Waals surface area contributed by atoms with Crippen molar-refractivity contribution in [3.05, 3.63) is 46.9 Å². The number of nitrogens with zero attached hydrogens (tertiary/aromatic N) is 3. The van der Waals surface area contributed by atoms with Crippen LogP contribution in [0.4, 0.5) is 16.2 Å². The molecule has 4 heterocycles. The number of benzene rings is 1. The van der Waals surface area contributed by atoms with Crippen LogP contribution in [0.3, 0.4) is 0 Å². The highest BCUT2D eigenvalue weighted by atomic mass is 32.1. The summed E-state index contributed by atoms with van der Waals surface area (Å²) in [5.74, 6) is 0.250. The molecule has 1 amide bonds. The number of hydrogen-bond acceptors (Lipinski definition) is 6. The first-order valence-electron chi connectivity index (χ1n) is 8.64. The molecule has 1 fully saturated rings. The Hall–Kier alpha value is -2.71. The van der Waals surface area contributed by atoms with Gasteiger partial charge in [-0.3, -0.25) is 0 Å². The summed E-state index contributed by atoms with van der Waals surface area (Å²) >= 11 is 3.29. The van der Waals surface area contributed by atoms with Gasteiger partial charge < -0.3 is 15.3 Å². The van der Waals surface area contributed by atoms with Gasteiger partial charge in [0.15, 0.2) is 0 Å². The number of hydrogen-bond donors (Lipinski definition) is 2. The average molecular weight is 396 g/mol. The number of carbonyl (C=O) groups is 1. The van der Waals surface area contributed by atoms with E-state index in [2.05, 4.69) is 33.5 Å². The van der Waals surface area contributed by atoms with Crippen LogP contribution in [-0.4, -0.2) is 39.2 Å². The summed E-state index contributed by atoms with van der Waals surface area (Å²) in [5.41, 5.74) is 4.84. The van der Waals surface area contributed by atoms with Gasteiger partial charge in [-0.2, -0.15) is 0 Å². The number of rotatable bonds is 3. The van der Waals surface area contributed by atoms with E-state index in [-0.39, 0.29) is 5.92 Å². The lowest BCUT2D eigenvalue weighted by Crippen LogP contribution is -2.26. The molecule has 0 saturated carbocycles. The summed E-state index contributed by atoms with van der Waals surface area (Å²) in [6.07, 6.45) is 1.84. The third-order valence-corrected chi connectivity index (χ3v) is 6.94. The van der Waals surface area contributed by atoms with E-state index in [1.165, 1.54) is 14.5 Å². The zero-order chi connectivity index (χ0) is 18.4. The maximum Gasteiger partial charge on any atom is 0.407 e. The molecule has 8 heteroatoms. The Morgan fingerprint density at radius 1 is 1.26 bits per heavy atom. The molecule has 0 radical (unpaired) electrons. The Labute approximate surface area is 163 Å². The van der Waals surface area contributed by atoms with Gasteiger partial charge in [0.25, 0.3) is 0 Å². The van der Waals surface area contributed by atoms with Gasteiger partial charge in [0, 0.05) is 41.2 Å². The van der Waals surface area contributed by atoms with Gasteiger partial charge in [0.1, 0.15) is 4.83 Å². The van der Waals surface area contributed by atoms with Crippen LogP contribution in [0.2, 0.25) is 0 Å². The van der Waals surface area contributed by atoms with E-state index >= 15 is 0 Å². The quantitative estimate of drug-likeness (QED) is 0.503. The molecule has 5 rings (SSSR count). The topological polar surface area (TPSA) is 78.4 Å². The summed E-state index contributed by atoms with van der Waals surface area (Å²) in [5, 5.41) is 13.7. The number of carboxylic acid groups (broad SMARTS) is 1. The molecule has 1 aliphatic heterocycles. The van der Waals surface area contributed by atoms with Gasteiger partial charge in [-0.05, 0) is 36.8 Å². The lowest BCUT2D eigenvalue weighted by molar-refractivity contribution is 0.155. The first-order valence-corrected chi connectivity index (χ1v) is 10.3. The first-order chi connectivity index (χ1) is 13.2. The van der Waals surface area contributed by atoms with Gasteiger partial charge in [-0.1, -0.05) is 0 Å². The van der Waals surface area contributed by atoms with E-state index in [1.807, 2.05) is 23.8 Å². The number of anilines is 2. The summed E-state index contributed by atoms with van der Waals surface area (Å²) in [6, 6.07) is 10.3. The molecule has 27 heavy (non-hydrogen) atoms. The third-order valence-electron chi connectivity index (χ3n) is 4.93. The van der Waals surface area contributed by atoms with Gasteiger partial charge in [-0.25, -0.2) is 14.8 Å². The maximum atomic E-state index is 11.2. The predicted octanol–water partition coefficient (Wildman–Crippen LogP) is 5.12. The molecule has 0 aliphatic carbocycles. The van der Waals surface area contributed by atoms with E-state index in [0.29, 0.717) is 13.1 Å². The SMILES string of the molecule is O=C(O)N1CC[C@H](c2cc3c(Nc4ccc5scnc5c4)ccnc3s2)C1. The number of likely N-dealkylation sites (tertiary alicyclic amines) is 1. The van der Waals surface area contributed by atoms with Crippen molar-refractivity contribution < 1.29 is 9.90 Å². The Bertz CT molecular complexity index is 1150. The van der Waals surface area contributed by atoms with Crippen LogP contribution in [0.25, 0.3) is 20.4 Å². The molecule has 6 nitrogen and oxygen atoms in total. The lowest BCUT2D eigenvalue weighted by atomic mass is 10.1. The molecule has 0 unspecified atom stereocenters. The molecule has 1 aliphatic rings. The van der Waals surface area contributed by atoms with E-state index in [9.17, 15) is 9.90 Å². The predicted molar refractivity (Wildman–Crippen MR) is 109 cm³/mol. The highest BCUT2D eigenvalue weighted by Gasteiger charge is 2.28. The largest absolute Gasteiger partial charge is 0.465 e. The van der Waals surface area contributed by atoms with Gasteiger partial charge in [0.2, 0.25) is 0 Å². The van der Waals surface area contributed by atoms with Crippen molar-refractivity contribution in [1.29, 1.82) is 0 Å². The minimum absolute atomic E-state index is 0.250. The summed E-state index contributed by atoms with van der Waals surface area (Å²) in [6.45, 7) is 1.16. The fourth-order valence-corrected chi connectivity index (χ4v) is 5.34. The molecule has 0 bridgehead atoms. The molecule has 4 aromatic rings. The van der Waals surface area contributed by atoms with E-state index in [0.717, 1.165) is 33.5 Å². The molecule has 1 atom stereocenters. The van der Waals surface area contributed by atoms with Crippen LogP contribution >= 0.6 is 22.7 Å². The molecule has 0 spiro atoms. The number of fused-ring (bicyclic) bond motifs is 2. The molecule has 136 valence electrons. The fourth-order valence-electron chi connectivity index (χ4n) is 3.53. The van der Waals surface area contributed by atoms with Crippen molar-refractivity contribution in [3.63, 3.8) is 0 Å². The second-order valence-electron chi connectivity index (χ2n) is 6.60. The van der Waals surface area contributed by atoms with Gasteiger partial charge in [-0.15, -0.1) is 22.7 Å². The van der Waals surface area contributed by atoms with E-state index in [4.69, 9.17) is 0 Å². The van der Waals surface area contributed by atoms with Crippen molar-refractivity contribution in [2.75, 3.05) is 18.4 Å². The lowest BCUT2D eigenvalue weighted by Gasteiger charge is -2.10. The van der Waals surface area contributed by atoms with Crippen LogP contribution in [0.15, 0.2) is 42.0 Å². The van der Waals surface area contributed by atoms with Crippen LogP contribution in [0.1, 0.15) is 17.2 Å². The van der Waals surface area contributed by atoms with Crippen molar-refractivity contribution in [2.24, 2.45) is 0 Å². The maximum absolute atomic E-state index is 11.2. The fraction of sp³-hybridized carbons (Fsp3) is 0.211. The third kappa shape index (κ3) is 3.00. The van der Waals surface area contributed by atoms with Crippen molar-refractivity contribution in [2.45, 2.75) is 12.3 Å². The minimum atomic E-state index is -0.837. The first kappa shape index (κ1) is 16.5. The Balaban J connectivity index is 1.46. The van der Waals surface area contributed by atoms with Gasteiger partial charge in [0.05, 0.1) is 21.4 Å². The smallest absolute Gasteiger partial charge is 0.407 e. The summed E-state index contributed by atoms with van der Waals surface area (Å²) < 4.78 is 1.17. The van der Waals surface area contributed by atoms with Crippen molar-refractivity contribution >= 4 is 60.6 Å². The van der Waals surface area contributed by atoms with Crippen molar-refractivity contribution in [3.8, 4) is 0 Å². The monoisotopic (exact) mass is 396 g/mol. The van der Waals surface area contributed by atoms with Gasteiger partial charge >= 0.3 is 6.09 Å². The Morgan fingerprint density at radius 3 is 3.04 bits per heavy atom. The van der Waals surface area contributed by atoms with Crippen LogP contribution < -0.4 is 5.32 Å². The number of aromatic nitrogens is 2. The Morgan fingerprint density at radius 2 is 2.19 bits per heavy atom. The molecular formula is C19H16N4O2S2. The highest BCUT2D eigenvalue weighted by molar-refractivity contribution is 7.18. The standard InChI is InChI=1S/C19H16N4O2S2/c24-19(25)23-6-4-11(9-23)17-8-13-14(3-5-20-18(13)27-17)22-12-1-2-16-15(7-12)21-10-26-16/h1-3,5,7-8,10-11H,4,6,9H2,(H,20,22)(H,24,25)/t11-/m0/s1. The minimum Gasteiger partial charge on any atom is -0.465 e. The zero-order valence-electron chi connectivity index (χ0n) is 14.3. The second kappa shape index (κ2) is 6.47. The average Bonchev–Trinajstić information content (AvgIpc) is 3.39. The number of thiophene rings is 1. The molecule has 2 N–H and O–H groups in total. The molecule has 1 aromatic carbocycles. The van der Waals surface area contributed by atoms with E-state index in [1.54, 1.807) is 22.7 Å². The summed E-state index contributed by atoms with van der Waals surface area (Å²) in [4.78, 5) is 23.7. The number of thiazole rings is 1. The van der Waals surface area contributed by atoms with E-state index < -0.39 is 6.09 Å². The van der Waals surface area contributed by atoms with Crippen LogP contribution in [0.5, 0.6) is 0 Å². The normalized spacial score (nSPS) is 17.0. The highest BCUT2D eigenvalue weighted by Crippen LogP contribution is 2.38. The Kier molecular flexibility index (Phi) is 3.95. The molecule has 3 aromatic heterocycles. The molecule has 1 saturated heterocycles. The number of pyridine rings is 1. The number of nitrogens with one attached hydrogen (secondary N) is 1.